The molecule has 15 heavy (non-hydrogen) atoms. The van der Waals surface area contributed by atoms with E-state index in [1.807, 2.05) is 30.3 Å². The molecule has 0 spiro atoms. The molecular weight excluding hydrogens is 188 g/mol. The standard InChI is InChI=1S/C13H12O2/c1-2-3-11-15-13(14)10-9-12-7-5-4-6-8-12/h4-10H,11H2,1H3/b10-9+. The minimum atomic E-state index is -0.374. The molecule has 0 bridgehead atoms. The smallest absolute Gasteiger partial charge is 0.331 e. The van der Waals surface area contributed by atoms with Gasteiger partial charge < -0.3 is 4.74 Å². The van der Waals surface area contributed by atoms with Gasteiger partial charge in [0, 0.05) is 6.08 Å². The summed E-state index contributed by atoms with van der Waals surface area (Å²) in [4.78, 5) is 11.1. The van der Waals surface area contributed by atoms with Crippen LogP contribution in [0, 0.1) is 11.8 Å². The molecule has 0 N–H and O–H groups in total. The Labute approximate surface area is 89.6 Å². The van der Waals surface area contributed by atoms with Crippen LogP contribution in [0.3, 0.4) is 0 Å². The summed E-state index contributed by atoms with van der Waals surface area (Å²) in [5.74, 6) is 4.92. The molecule has 2 heteroatoms. The van der Waals surface area contributed by atoms with Gasteiger partial charge in [0.15, 0.2) is 6.61 Å². The molecule has 0 atom stereocenters. The maximum Gasteiger partial charge on any atom is 0.331 e. The molecule has 0 aliphatic heterocycles. The van der Waals surface area contributed by atoms with Crippen LogP contribution in [0.25, 0.3) is 6.08 Å². The molecule has 2 nitrogen and oxygen atoms in total. The van der Waals surface area contributed by atoms with E-state index in [1.54, 1.807) is 13.0 Å². The SMILES string of the molecule is CC#CCOC(=O)/C=C/c1ccccc1. The largest absolute Gasteiger partial charge is 0.449 e. The molecule has 1 rings (SSSR count). The van der Waals surface area contributed by atoms with Gasteiger partial charge in [-0.15, -0.1) is 5.92 Å². The fourth-order valence-electron chi connectivity index (χ4n) is 0.956. The second-order valence-electron chi connectivity index (χ2n) is 2.78. The molecule has 0 heterocycles. The number of carbonyl (C=O) groups excluding carboxylic acids is 1. The molecule has 0 saturated carbocycles. The summed E-state index contributed by atoms with van der Waals surface area (Å²) in [5, 5.41) is 0. The first-order chi connectivity index (χ1) is 7.33. The third-order valence-electron chi connectivity index (χ3n) is 1.67. The summed E-state index contributed by atoms with van der Waals surface area (Å²) in [6.45, 7) is 1.85. The van der Waals surface area contributed by atoms with Crippen LogP contribution in [0.5, 0.6) is 0 Å². The van der Waals surface area contributed by atoms with Crippen molar-refractivity contribution in [3.63, 3.8) is 0 Å². The Bertz CT molecular complexity index is 394. The summed E-state index contributed by atoms with van der Waals surface area (Å²) in [5.41, 5.74) is 0.969. The van der Waals surface area contributed by atoms with E-state index >= 15 is 0 Å². The Morgan fingerprint density at radius 2 is 2.13 bits per heavy atom. The van der Waals surface area contributed by atoms with Gasteiger partial charge in [-0.2, -0.15) is 0 Å². The lowest BCUT2D eigenvalue weighted by Crippen LogP contribution is -1.99. The van der Waals surface area contributed by atoms with Crippen molar-refractivity contribution in [1.29, 1.82) is 0 Å². The van der Waals surface area contributed by atoms with Gasteiger partial charge in [-0.05, 0) is 18.6 Å². The number of ether oxygens (including phenoxy) is 1. The highest BCUT2D eigenvalue weighted by Gasteiger charge is 1.93. The van der Waals surface area contributed by atoms with Crippen molar-refractivity contribution in [2.75, 3.05) is 6.61 Å². The fourth-order valence-corrected chi connectivity index (χ4v) is 0.956. The number of rotatable bonds is 3. The van der Waals surface area contributed by atoms with Crippen molar-refractivity contribution in [2.24, 2.45) is 0 Å². The van der Waals surface area contributed by atoms with Crippen molar-refractivity contribution >= 4 is 12.0 Å². The van der Waals surface area contributed by atoms with Crippen LogP contribution in [-0.2, 0) is 9.53 Å². The second kappa shape index (κ2) is 6.44. The van der Waals surface area contributed by atoms with E-state index in [2.05, 4.69) is 11.8 Å². The zero-order valence-electron chi connectivity index (χ0n) is 8.57. The minimum absolute atomic E-state index is 0.147. The van der Waals surface area contributed by atoms with Crippen molar-refractivity contribution in [3.8, 4) is 11.8 Å². The number of hydrogen-bond acceptors (Lipinski definition) is 2. The van der Waals surface area contributed by atoms with E-state index in [0.29, 0.717) is 0 Å². The molecule has 1 aromatic carbocycles. The molecule has 0 amide bonds. The van der Waals surface area contributed by atoms with E-state index in [9.17, 15) is 4.79 Å². The minimum Gasteiger partial charge on any atom is -0.449 e. The number of benzene rings is 1. The maximum atomic E-state index is 11.1. The van der Waals surface area contributed by atoms with Gasteiger partial charge in [-0.25, -0.2) is 4.79 Å². The quantitative estimate of drug-likeness (QED) is 0.425. The predicted molar refractivity (Wildman–Crippen MR) is 59.9 cm³/mol. The first-order valence-corrected chi connectivity index (χ1v) is 4.62. The van der Waals surface area contributed by atoms with Crippen molar-refractivity contribution < 1.29 is 9.53 Å². The molecule has 76 valence electrons. The zero-order valence-corrected chi connectivity index (χ0v) is 8.57. The van der Waals surface area contributed by atoms with Gasteiger partial charge in [-0.1, -0.05) is 36.3 Å². The lowest BCUT2D eigenvalue weighted by Gasteiger charge is -1.94. The first kappa shape index (κ1) is 11.1. The highest BCUT2D eigenvalue weighted by molar-refractivity contribution is 5.87. The third kappa shape index (κ3) is 4.68. The van der Waals surface area contributed by atoms with Gasteiger partial charge in [0.25, 0.3) is 0 Å². The van der Waals surface area contributed by atoms with E-state index in [-0.39, 0.29) is 12.6 Å². The Hall–Kier alpha value is -2.01. The van der Waals surface area contributed by atoms with E-state index in [4.69, 9.17) is 4.74 Å². The van der Waals surface area contributed by atoms with Crippen LogP contribution < -0.4 is 0 Å². The highest BCUT2D eigenvalue weighted by atomic mass is 16.5. The van der Waals surface area contributed by atoms with Gasteiger partial charge in [0.1, 0.15) is 0 Å². The van der Waals surface area contributed by atoms with E-state index < -0.39 is 0 Å². The third-order valence-corrected chi connectivity index (χ3v) is 1.67. The molecule has 0 aliphatic carbocycles. The summed E-state index contributed by atoms with van der Waals surface area (Å²) >= 11 is 0. The van der Waals surface area contributed by atoms with Crippen LogP contribution in [-0.4, -0.2) is 12.6 Å². The zero-order chi connectivity index (χ0) is 10.9. The summed E-state index contributed by atoms with van der Waals surface area (Å²) in [6, 6.07) is 9.57. The molecule has 0 unspecified atom stereocenters. The van der Waals surface area contributed by atoms with Crippen LogP contribution in [0.1, 0.15) is 12.5 Å². The lowest BCUT2D eigenvalue weighted by atomic mass is 10.2. The van der Waals surface area contributed by atoms with Crippen LogP contribution in [0.2, 0.25) is 0 Å². The topological polar surface area (TPSA) is 26.3 Å². The Balaban J connectivity index is 2.43. The van der Waals surface area contributed by atoms with Crippen LogP contribution >= 0.6 is 0 Å². The summed E-state index contributed by atoms with van der Waals surface area (Å²) < 4.78 is 4.80. The normalized spacial score (nSPS) is 9.40. The molecular formula is C13H12O2. The van der Waals surface area contributed by atoms with Gasteiger partial charge >= 0.3 is 5.97 Å². The number of carbonyl (C=O) groups is 1. The average Bonchev–Trinajstić information content (AvgIpc) is 2.28. The molecule has 0 saturated heterocycles. The summed E-state index contributed by atoms with van der Waals surface area (Å²) in [6.07, 6.45) is 3.11. The fraction of sp³-hybridized carbons (Fsp3) is 0.154. The highest BCUT2D eigenvalue weighted by Crippen LogP contribution is 2.00. The maximum absolute atomic E-state index is 11.1. The van der Waals surface area contributed by atoms with Crippen molar-refractivity contribution in [2.45, 2.75) is 6.92 Å². The van der Waals surface area contributed by atoms with E-state index in [1.165, 1.54) is 6.08 Å². The molecule has 0 radical (unpaired) electrons. The first-order valence-electron chi connectivity index (χ1n) is 4.62. The summed E-state index contributed by atoms with van der Waals surface area (Å²) in [7, 11) is 0. The molecule has 0 fully saturated rings. The average molecular weight is 200 g/mol. The van der Waals surface area contributed by atoms with Crippen LogP contribution in [0.4, 0.5) is 0 Å². The molecule has 0 aliphatic rings. The molecule has 0 aromatic heterocycles. The Morgan fingerprint density at radius 1 is 1.40 bits per heavy atom. The monoisotopic (exact) mass is 200 g/mol. The van der Waals surface area contributed by atoms with Crippen LogP contribution in [0.15, 0.2) is 36.4 Å². The molecule has 1 aromatic rings. The second-order valence-corrected chi connectivity index (χ2v) is 2.78. The van der Waals surface area contributed by atoms with Crippen molar-refractivity contribution in [3.05, 3.63) is 42.0 Å². The van der Waals surface area contributed by atoms with E-state index in [0.717, 1.165) is 5.56 Å². The lowest BCUT2D eigenvalue weighted by molar-refractivity contribution is -0.136. The predicted octanol–water partition coefficient (Wildman–Crippen LogP) is 2.27. The number of esters is 1. The van der Waals surface area contributed by atoms with Gasteiger partial charge in [0.2, 0.25) is 0 Å². The number of hydrogen-bond donors (Lipinski definition) is 0. The Morgan fingerprint density at radius 3 is 2.80 bits per heavy atom. The van der Waals surface area contributed by atoms with Gasteiger partial charge in [-0.3, -0.25) is 0 Å². The van der Waals surface area contributed by atoms with Crippen molar-refractivity contribution in [1.82, 2.24) is 0 Å². The Kier molecular flexibility index (Phi) is 4.75. The van der Waals surface area contributed by atoms with Gasteiger partial charge in [0.05, 0.1) is 0 Å².